The fraction of sp³-hybridized carbons (Fsp3) is 0.353. The lowest BCUT2D eigenvalue weighted by atomic mass is 9.69. The zero-order valence-corrected chi connectivity index (χ0v) is 24.8. The van der Waals surface area contributed by atoms with Crippen LogP contribution in [0.5, 0.6) is 11.5 Å². The van der Waals surface area contributed by atoms with Gasteiger partial charge in [0.15, 0.2) is 11.5 Å². The highest BCUT2D eigenvalue weighted by Gasteiger charge is 2.37. The van der Waals surface area contributed by atoms with Gasteiger partial charge < -0.3 is 20.1 Å². The smallest absolute Gasteiger partial charge is 0.344 e. The lowest BCUT2D eigenvalue weighted by Gasteiger charge is -2.36. The molecule has 3 aromatic carbocycles. The summed E-state index contributed by atoms with van der Waals surface area (Å²) in [6, 6.07) is 18.8. The van der Waals surface area contributed by atoms with Crippen molar-refractivity contribution in [3.63, 3.8) is 0 Å². The second-order valence-electron chi connectivity index (χ2n) is 11.6. The number of anilines is 1. The summed E-state index contributed by atoms with van der Waals surface area (Å²) in [4.78, 5) is 27.9. The predicted octanol–water partition coefficient (Wildman–Crippen LogP) is 7.91. The Bertz CT molecular complexity index is 1630. The number of thiophene rings is 1. The van der Waals surface area contributed by atoms with Crippen molar-refractivity contribution in [2.24, 2.45) is 11.3 Å². The molecule has 0 radical (unpaired) electrons. The zero-order chi connectivity index (χ0) is 28.7. The zero-order valence-electron chi connectivity index (χ0n) is 24.0. The molecule has 2 heterocycles. The van der Waals surface area contributed by atoms with Crippen molar-refractivity contribution >= 4 is 39.0 Å². The number of esters is 1. The quantitative estimate of drug-likeness (QED) is 0.175. The number of carbonyl (C=O) groups is 2. The van der Waals surface area contributed by atoms with Gasteiger partial charge in [-0.1, -0.05) is 69.7 Å². The molecule has 7 heteroatoms. The van der Waals surface area contributed by atoms with Crippen LogP contribution in [-0.2, 0) is 12.8 Å². The van der Waals surface area contributed by atoms with E-state index >= 15 is 0 Å². The molecule has 0 bridgehead atoms. The van der Waals surface area contributed by atoms with Crippen LogP contribution in [0.15, 0.2) is 60.7 Å². The number of rotatable bonds is 7. The Balaban J connectivity index is 1.25. The maximum atomic E-state index is 13.4. The van der Waals surface area contributed by atoms with Gasteiger partial charge in [0.1, 0.15) is 11.2 Å². The van der Waals surface area contributed by atoms with Crippen LogP contribution in [0.1, 0.15) is 83.4 Å². The van der Waals surface area contributed by atoms with Gasteiger partial charge in [-0.15, -0.1) is 11.3 Å². The van der Waals surface area contributed by atoms with E-state index in [9.17, 15) is 9.59 Å². The van der Waals surface area contributed by atoms with Gasteiger partial charge in [-0.3, -0.25) is 4.79 Å². The first-order valence-electron chi connectivity index (χ1n) is 14.5. The third kappa shape index (κ3) is 5.08. The fourth-order valence-corrected chi connectivity index (χ4v) is 7.39. The van der Waals surface area contributed by atoms with Gasteiger partial charge in [0, 0.05) is 4.88 Å². The van der Waals surface area contributed by atoms with Crippen LogP contribution in [0.2, 0.25) is 0 Å². The molecule has 2 aliphatic rings. The Kier molecular flexibility index (Phi) is 7.24. The number of hydrogen-bond acceptors (Lipinski definition) is 6. The van der Waals surface area contributed by atoms with Crippen molar-refractivity contribution in [3.05, 3.63) is 87.8 Å². The lowest BCUT2D eigenvalue weighted by Crippen LogP contribution is -2.38. The molecule has 6 nitrogen and oxygen atoms in total. The van der Waals surface area contributed by atoms with Crippen molar-refractivity contribution in [2.45, 2.75) is 59.5 Å². The Hall–Kier alpha value is -3.84. The highest BCUT2D eigenvalue weighted by Crippen LogP contribution is 2.47. The third-order valence-electron chi connectivity index (χ3n) is 8.87. The molecule has 1 amide bonds. The number of nitrogens with one attached hydrogen (secondary N) is 2. The average molecular weight is 569 g/mol. The molecule has 0 unspecified atom stereocenters. The van der Waals surface area contributed by atoms with Gasteiger partial charge in [0.2, 0.25) is 0 Å². The molecule has 4 aromatic rings. The van der Waals surface area contributed by atoms with Crippen molar-refractivity contribution in [2.75, 3.05) is 11.9 Å². The second-order valence-corrected chi connectivity index (χ2v) is 12.7. The number of ether oxygens (including phenoxy) is 2. The Labute approximate surface area is 245 Å². The van der Waals surface area contributed by atoms with Crippen LogP contribution in [0.4, 0.5) is 5.00 Å². The largest absolute Gasteiger partial charge is 0.490 e. The van der Waals surface area contributed by atoms with Crippen molar-refractivity contribution in [1.29, 1.82) is 0 Å². The molecule has 0 spiro atoms. The molecule has 2 atom stereocenters. The molecule has 1 aliphatic heterocycles. The first-order valence-corrected chi connectivity index (χ1v) is 15.3. The molecule has 212 valence electrons. The fourth-order valence-electron chi connectivity index (χ4n) is 6.04. The summed E-state index contributed by atoms with van der Waals surface area (Å²) in [6.45, 7) is 9.27. The third-order valence-corrected chi connectivity index (χ3v) is 10.1. The van der Waals surface area contributed by atoms with Crippen LogP contribution in [0, 0.1) is 11.3 Å². The van der Waals surface area contributed by atoms with E-state index in [4.69, 9.17) is 9.47 Å². The van der Waals surface area contributed by atoms with Gasteiger partial charge in [-0.05, 0) is 77.6 Å². The number of fused-ring (bicyclic) bond motifs is 4. The van der Waals surface area contributed by atoms with E-state index in [-0.39, 0.29) is 11.3 Å². The summed E-state index contributed by atoms with van der Waals surface area (Å²) >= 11 is 1.72. The summed E-state index contributed by atoms with van der Waals surface area (Å²) < 4.78 is 11.7. The Morgan fingerprint density at radius 1 is 1.02 bits per heavy atom. The van der Waals surface area contributed by atoms with E-state index in [1.165, 1.54) is 10.4 Å². The highest BCUT2D eigenvalue weighted by atomic mass is 32.1. The Morgan fingerprint density at radius 3 is 2.63 bits per heavy atom. The average Bonchev–Trinajstić information content (AvgIpc) is 3.36. The highest BCUT2D eigenvalue weighted by molar-refractivity contribution is 7.16. The first-order chi connectivity index (χ1) is 19.8. The van der Waals surface area contributed by atoms with E-state index in [1.54, 1.807) is 23.5 Å². The molecular formula is C34H36N2O4S. The standard InChI is InChI=1S/C34H36N2O4S/c1-5-34(3,4)22-15-16-25-28(19-22)41-32-29(25)31(37)35-30(36-32)21-14-17-26(27(18-21)39-6-2)40-33(38)24-13-9-11-20-10-7-8-12-23(20)24/h7-14,17-18,22,30,36H,5-6,15-16,19H2,1-4H3,(H,35,37)/t22-,30+/m1/s1. The van der Waals surface area contributed by atoms with Crippen molar-refractivity contribution in [1.82, 2.24) is 5.32 Å². The number of amides is 1. The minimum absolute atomic E-state index is 0.0427. The Morgan fingerprint density at radius 2 is 1.83 bits per heavy atom. The minimum Gasteiger partial charge on any atom is -0.490 e. The summed E-state index contributed by atoms with van der Waals surface area (Å²) in [7, 11) is 0. The van der Waals surface area contributed by atoms with E-state index < -0.39 is 12.1 Å². The molecule has 0 saturated heterocycles. The lowest BCUT2D eigenvalue weighted by molar-refractivity contribution is 0.0730. The minimum atomic E-state index is -0.446. The van der Waals surface area contributed by atoms with Crippen LogP contribution in [0.3, 0.4) is 0 Å². The maximum absolute atomic E-state index is 13.4. The van der Waals surface area contributed by atoms with Crippen LogP contribution >= 0.6 is 11.3 Å². The molecule has 6 rings (SSSR count). The van der Waals surface area contributed by atoms with Crippen molar-refractivity contribution in [3.8, 4) is 11.5 Å². The molecular weight excluding hydrogens is 532 g/mol. The van der Waals surface area contributed by atoms with E-state index in [1.807, 2.05) is 55.5 Å². The summed E-state index contributed by atoms with van der Waals surface area (Å²) in [6.07, 6.45) is 3.82. The van der Waals surface area contributed by atoms with E-state index in [0.717, 1.165) is 52.6 Å². The molecule has 41 heavy (non-hydrogen) atoms. The molecule has 1 aliphatic carbocycles. The van der Waals surface area contributed by atoms with E-state index in [0.29, 0.717) is 29.6 Å². The first kappa shape index (κ1) is 27.3. The van der Waals surface area contributed by atoms with Gasteiger partial charge in [0.05, 0.1) is 17.7 Å². The molecule has 0 saturated carbocycles. The molecule has 2 N–H and O–H groups in total. The normalized spacial score (nSPS) is 18.2. The number of benzene rings is 3. The number of carbonyl (C=O) groups excluding carboxylic acids is 2. The summed E-state index contributed by atoms with van der Waals surface area (Å²) in [5.74, 6) is 0.928. The van der Waals surface area contributed by atoms with Crippen molar-refractivity contribution < 1.29 is 19.1 Å². The van der Waals surface area contributed by atoms with Gasteiger partial charge >= 0.3 is 5.97 Å². The molecule has 0 fully saturated rings. The maximum Gasteiger partial charge on any atom is 0.344 e. The topological polar surface area (TPSA) is 76.7 Å². The van der Waals surface area contributed by atoms with Crippen LogP contribution < -0.4 is 20.1 Å². The summed E-state index contributed by atoms with van der Waals surface area (Å²) in [5.41, 5.74) is 3.62. The second kappa shape index (κ2) is 10.9. The summed E-state index contributed by atoms with van der Waals surface area (Å²) in [5, 5.41) is 9.46. The number of hydrogen-bond donors (Lipinski definition) is 2. The van der Waals surface area contributed by atoms with Crippen LogP contribution in [-0.4, -0.2) is 18.5 Å². The molecule has 1 aromatic heterocycles. The predicted molar refractivity (Wildman–Crippen MR) is 164 cm³/mol. The van der Waals surface area contributed by atoms with Gasteiger partial charge in [0.25, 0.3) is 5.91 Å². The van der Waals surface area contributed by atoms with Crippen LogP contribution in [0.25, 0.3) is 10.8 Å². The van der Waals surface area contributed by atoms with E-state index in [2.05, 4.69) is 31.4 Å². The van der Waals surface area contributed by atoms with Gasteiger partial charge in [-0.2, -0.15) is 0 Å². The monoisotopic (exact) mass is 568 g/mol. The SMILES string of the molecule is CCOc1cc([C@H]2NC(=O)c3c(sc4c3CC[C@@H](C(C)(C)CC)C4)N2)ccc1OC(=O)c1cccc2ccccc12. The van der Waals surface area contributed by atoms with Gasteiger partial charge in [-0.25, -0.2) is 4.79 Å².